The van der Waals surface area contributed by atoms with E-state index in [-0.39, 0.29) is 0 Å². The molecule has 0 saturated heterocycles. The molecule has 2 nitrogen and oxygen atoms in total. The summed E-state index contributed by atoms with van der Waals surface area (Å²) < 4.78 is 0. The number of H-pyrrole nitrogens is 1. The third kappa shape index (κ3) is 3.21. The normalized spacial score (nSPS) is 12.6. The van der Waals surface area contributed by atoms with Gasteiger partial charge < -0.3 is 10.3 Å². The summed E-state index contributed by atoms with van der Waals surface area (Å²) in [5.74, 6) is 0. The van der Waals surface area contributed by atoms with Crippen LogP contribution < -0.4 is 5.32 Å². The van der Waals surface area contributed by atoms with Gasteiger partial charge in [-0.05, 0) is 31.0 Å². The lowest BCUT2D eigenvalue weighted by Gasteiger charge is -2.17. The molecule has 0 fully saturated rings. The smallest absolute Gasteiger partial charge is 0.0362 e. The molecule has 0 aliphatic rings. The van der Waals surface area contributed by atoms with Crippen molar-refractivity contribution in [1.29, 1.82) is 0 Å². The first-order valence-electron chi connectivity index (χ1n) is 6.22. The monoisotopic (exact) mass is 228 g/mol. The number of benzene rings is 1. The minimum atomic E-state index is 0.430. The van der Waals surface area contributed by atoms with Gasteiger partial charge in [0.05, 0.1) is 0 Å². The maximum atomic E-state index is 3.58. The molecule has 0 bridgehead atoms. The van der Waals surface area contributed by atoms with E-state index in [2.05, 4.69) is 54.5 Å². The zero-order chi connectivity index (χ0) is 12.1. The summed E-state index contributed by atoms with van der Waals surface area (Å²) in [5, 5.41) is 3.58. The molecular weight excluding hydrogens is 208 g/mol. The zero-order valence-corrected chi connectivity index (χ0v) is 10.5. The fourth-order valence-electron chi connectivity index (χ4n) is 2.01. The van der Waals surface area contributed by atoms with Gasteiger partial charge in [0.1, 0.15) is 0 Å². The van der Waals surface area contributed by atoms with Gasteiger partial charge in [0, 0.05) is 24.5 Å². The summed E-state index contributed by atoms with van der Waals surface area (Å²) >= 11 is 0. The number of hydrogen-bond acceptors (Lipinski definition) is 1. The van der Waals surface area contributed by atoms with Gasteiger partial charge >= 0.3 is 0 Å². The standard InChI is InChI=1S/C15H20N2/c1-3-15(13-8-6-12(2)7-9-13)17-11-14-5-4-10-16-14/h4-10,15-17H,3,11H2,1-2H3. The molecule has 2 aromatic rings. The number of aromatic nitrogens is 1. The third-order valence-corrected chi connectivity index (χ3v) is 3.09. The highest BCUT2D eigenvalue weighted by Crippen LogP contribution is 2.17. The predicted molar refractivity (Wildman–Crippen MR) is 71.8 cm³/mol. The minimum Gasteiger partial charge on any atom is -0.364 e. The molecule has 1 heterocycles. The highest BCUT2D eigenvalue weighted by molar-refractivity contribution is 5.24. The molecule has 90 valence electrons. The molecule has 0 aliphatic carbocycles. The second kappa shape index (κ2) is 5.69. The van der Waals surface area contributed by atoms with Crippen molar-refractivity contribution in [2.45, 2.75) is 32.9 Å². The lowest BCUT2D eigenvalue weighted by Crippen LogP contribution is -2.20. The first-order valence-corrected chi connectivity index (χ1v) is 6.22. The van der Waals surface area contributed by atoms with Crippen molar-refractivity contribution in [3.8, 4) is 0 Å². The fraction of sp³-hybridized carbons (Fsp3) is 0.333. The van der Waals surface area contributed by atoms with Gasteiger partial charge in [-0.2, -0.15) is 0 Å². The summed E-state index contributed by atoms with van der Waals surface area (Å²) in [4.78, 5) is 3.21. The summed E-state index contributed by atoms with van der Waals surface area (Å²) in [7, 11) is 0. The molecule has 0 radical (unpaired) electrons. The molecule has 1 atom stereocenters. The average Bonchev–Trinajstić information content (AvgIpc) is 2.85. The lowest BCUT2D eigenvalue weighted by atomic mass is 10.0. The molecular formula is C15H20N2. The second-order valence-corrected chi connectivity index (χ2v) is 4.45. The van der Waals surface area contributed by atoms with Crippen molar-refractivity contribution >= 4 is 0 Å². The van der Waals surface area contributed by atoms with Gasteiger partial charge in [0.2, 0.25) is 0 Å². The first kappa shape index (κ1) is 11.9. The van der Waals surface area contributed by atoms with E-state index in [1.807, 2.05) is 12.3 Å². The Bertz CT molecular complexity index is 428. The van der Waals surface area contributed by atoms with Gasteiger partial charge in [-0.3, -0.25) is 0 Å². The molecule has 0 aliphatic heterocycles. The van der Waals surface area contributed by atoms with Gasteiger partial charge in [-0.15, -0.1) is 0 Å². The van der Waals surface area contributed by atoms with Crippen LogP contribution in [0.25, 0.3) is 0 Å². The molecule has 0 spiro atoms. The summed E-state index contributed by atoms with van der Waals surface area (Å²) in [6, 6.07) is 13.3. The van der Waals surface area contributed by atoms with Crippen LogP contribution in [0.5, 0.6) is 0 Å². The topological polar surface area (TPSA) is 27.8 Å². The van der Waals surface area contributed by atoms with Crippen molar-refractivity contribution in [2.75, 3.05) is 0 Å². The molecule has 2 rings (SSSR count). The number of aryl methyl sites for hydroxylation is 1. The molecule has 17 heavy (non-hydrogen) atoms. The molecule has 0 saturated carbocycles. The Morgan fingerprint density at radius 1 is 1.18 bits per heavy atom. The molecule has 2 heteroatoms. The highest BCUT2D eigenvalue weighted by atomic mass is 14.9. The van der Waals surface area contributed by atoms with E-state index < -0.39 is 0 Å². The Labute approximate surface area is 103 Å². The van der Waals surface area contributed by atoms with E-state index in [9.17, 15) is 0 Å². The molecule has 2 N–H and O–H groups in total. The zero-order valence-electron chi connectivity index (χ0n) is 10.5. The van der Waals surface area contributed by atoms with E-state index in [4.69, 9.17) is 0 Å². The average molecular weight is 228 g/mol. The maximum absolute atomic E-state index is 3.58. The Balaban J connectivity index is 1.99. The van der Waals surface area contributed by atoms with Crippen molar-refractivity contribution < 1.29 is 0 Å². The van der Waals surface area contributed by atoms with Gasteiger partial charge in [-0.25, -0.2) is 0 Å². The highest BCUT2D eigenvalue weighted by Gasteiger charge is 2.08. The van der Waals surface area contributed by atoms with Crippen LogP contribution in [-0.4, -0.2) is 4.98 Å². The van der Waals surface area contributed by atoms with E-state index in [1.165, 1.54) is 16.8 Å². The fourth-order valence-corrected chi connectivity index (χ4v) is 2.01. The summed E-state index contributed by atoms with van der Waals surface area (Å²) in [6.07, 6.45) is 3.06. The van der Waals surface area contributed by atoms with Crippen molar-refractivity contribution in [1.82, 2.24) is 10.3 Å². The van der Waals surface area contributed by atoms with Crippen LogP contribution in [0.15, 0.2) is 42.6 Å². The lowest BCUT2D eigenvalue weighted by molar-refractivity contribution is 0.515. The van der Waals surface area contributed by atoms with Crippen LogP contribution in [0.2, 0.25) is 0 Å². The van der Waals surface area contributed by atoms with E-state index in [0.29, 0.717) is 6.04 Å². The summed E-state index contributed by atoms with van der Waals surface area (Å²) in [6.45, 7) is 5.22. The Hall–Kier alpha value is -1.54. The Morgan fingerprint density at radius 2 is 1.94 bits per heavy atom. The second-order valence-electron chi connectivity index (χ2n) is 4.45. The third-order valence-electron chi connectivity index (χ3n) is 3.09. The summed E-state index contributed by atoms with van der Waals surface area (Å²) in [5.41, 5.74) is 3.91. The number of nitrogens with one attached hydrogen (secondary N) is 2. The van der Waals surface area contributed by atoms with E-state index in [0.717, 1.165) is 13.0 Å². The molecule has 0 amide bonds. The maximum Gasteiger partial charge on any atom is 0.0362 e. The van der Waals surface area contributed by atoms with Crippen molar-refractivity contribution in [3.05, 3.63) is 59.4 Å². The van der Waals surface area contributed by atoms with Crippen LogP contribution in [-0.2, 0) is 6.54 Å². The van der Waals surface area contributed by atoms with Crippen molar-refractivity contribution in [3.63, 3.8) is 0 Å². The van der Waals surface area contributed by atoms with Crippen LogP contribution >= 0.6 is 0 Å². The molecule has 1 aromatic carbocycles. The number of aromatic amines is 1. The van der Waals surface area contributed by atoms with Gasteiger partial charge in [0.25, 0.3) is 0 Å². The van der Waals surface area contributed by atoms with Gasteiger partial charge in [0.15, 0.2) is 0 Å². The quantitative estimate of drug-likeness (QED) is 0.804. The van der Waals surface area contributed by atoms with Crippen LogP contribution in [0.1, 0.15) is 36.2 Å². The van der Waals surface area contributed by atoms with Crippen LogP contribution in [0, 0.1) is 6.92 Å². The minimum absolute atomic E-state index is 0.430. The molecule has 1 unspecified atom stereocenters. The van der Waals surface area contributed by atoms with Crippen LogP contribution in [0.3, 0.4) is 0 Å². The van der Waals surface area contributed by atoms with Gasteiger partial charge in [-0.1, -0.05) is 36.8 Å². The molecule has 1 aromatic heterocycles. The SMILES string of the molecule is CCC(NCc1ccc[nH]1)c1ccc(C)cc1. The largest absolute Gasteiger partial charge is 0.364 e. The van der Waals surface area contributed by atoms with Crippen molar-refractivity contribution in [2.24, 2.45) is 0 Å². The predicted octanol–water partition coefficient (Wildman–Crippen LogP) is 3.56. The number of hydrogen-bond donors (Lipinski definition) is 2. The van der Waals surface area contributed by atoms with Crippen LogP contribution in [0.4, 0.5) is 0 Å². The van der Waals surface area contributed by atoms with E-state index in [1.54, 1.807) is 0 Å². The van der Waals surface area contributed by atoms with E-state index >= 15 is 0 Å². The number of rotatable bonds is 5. The Kier molecular flexibility index (Phi) is 3.99. The first-order chi connectivity index (χ1) is 8.29. The Morgan fingerprint density at radius 3 is 2.53 bits per heavy atom.